The van der Waals surface area contributed by atoms with Crippen LogP contribution in [0, 0.1) is 0 Å². The molecule has 0 aliphatic heterocycles. The molecule has 2 aromatic rings. The van der Waals surface area contributed by atoms with Crippen molar-refractivity contribution in [2.24, 2.45) is 0 Å². The highest BCUT2D eigenvalue weighted by atomic mass is 16.5. The Morgan fingerprint density at radius 1 is 1.08 bits per heavy atom. The van der Waals surface area contributed by atoms with Crippen LogP contribution >= 0.6 is 0 Å². The summed E-state index contributed by atoms with van der Waals surface area (Å²) in [7, 11) is 0. The number of rotatable bonds is 6. The molecular weight excluding hydrogens is 328 g/mol. The smallest absolute Gasteiger partial charge is 0.343 e. The minimum atomic E-state index is -0.407. The minimum Gasteiger partial charge on any atom is -0.466 e. The van der Waals surface area contributed by atoms with Crippen LogP contribution in [0.25, 0.3) is 0 Å². The molecule has 0 spiro atoms. The molecule has 0 saturated carbocycles. The van der Waals surface area contributed by atoms with Crippen molar-refractivity contribution in [1.82, 2.24) is 0 Å². The van der Waals surface area contributed by atoms with Crippen molar-refractivity contribution < 1.29 is 19.1 Å². The molecule has 4 nitrogen and oxygen atoms in total. The first-order valence-corrected chi connectivity index (χ1v) is 9.23. The fourth-order valence-corrected chi connectivity index (χ4v) is 3.47. The molecule has 0 radical (unpaired) electrons. The molecule has 1 atom stereocenters. The summed E-state index contributed by atoms with van der Waals surface area (Å²) in [5.74, 6) is -0.559. The number of carbonyl (C=O) groups is 2. The Morgan fingerprint density at radius 3 is 2.54 bits per heavy atom. The lowest BCUT2D eigenvalue weighted by molar-refractivity contribution is -0.144. The predicted molar refractivity (Wildman–Crippen MR) is 99.5 cm³/mol. The summed E-state index contributed by atoms with van der Waals surface area (Å²) in [6.45, 7) is 4.26. The van der Waals surface area contributed by atoms with Gasteiger partial charge < -0.3 is 9.47 Å². The fourth-order valence-electron chi connectivity index (χ4n) is 3.47. The summed E-state index contributed by atoms with van der Waals surface area (Å²) in [6.07, 6.45) is 3.53. The van der Waals surface area contributed by atoms with E-state index in [1.807, 2.05) is 24.3 Å². The van der Waals surface area contributed by atoms with Crippen LogP contribution in [0.2, 0.25) is 0 Å². The lowest BCUT2D eigenvalue weighted by atomic mass is 10.0. The minimum absolute atomic E-state index is 0.251. The highest BCUT2D eigenvalue weighted by Crippen LogP contribution is 2.40. The van der Waals surface area contributed by atoms with Gasteiger partial charge in [-0.05, 0) is 55.5 Å². The quantitative estimate of drug-likeness (QED) is 0.569. The van der Waals surface area contributed by atoms with Gasteiger partial charge in [0.25, 0.3) is 0 Å². The van der Waals surface area contributed by atoms with Crippen molar-refractivity contribution in [2.45, 2.75) is 45.4 Å². The number of ether oxygens (including phenoxy) is 2. The van der Waals surface area contributed by atoms with Gasteiger partial charge in [-0.2, -0.15) is 0 Å². The molecule has 0 amide bonds. The van der Waals surface area contributed by atoms with Gasteiger partial charge in [0.2, 0.25) is 0 Å². The zero-order valence-electron chi connectivity index (χ0n) is 15.3. The SMILES string of the molecule is CCCc1ccc(C(=O)Oc2cccc3c2C(C(=O)OCC)CC3)cc1. The summed E-state index contributed by atoms with van der Waals surface area (Å²) >= 11 is 0. The third-order valence-corrected chi connectivity index (χ3v) is 4.71. The van der Waals surface area contributed by atoms with Crippen LogP contribution in [0.5, 0.6) is 5.75 Å². The molecule has 0 heterocycles. The van der Waals surface area contributed by atoms with Crippen LogP contribution in [0.4, 0.5) is 0 Å². The van der Waals surface area contributed by atoms with E-state index in [2.05, 4.69) is 6.92 Å². The monoisotopic (exact) mass is 352 g/mol. The summed E-state index contributed by atoms with van der Waals surface area (Å²) in [5.41, 5.74) is 3.55. The van der Waals surface area contributed by atoms with E-state index in [0.29, 0.717) is 24.3 Å². The molecule has 0 fully saturated rings. The molecule has 0 bridgehead atoms. The van der Waals surface area contributed by atoms with E-state index in [1.165, 1.54) is 5.56 Å². The van der Waals surface area contributed by atoms with Crippen molar-refractivity contribution in [2.75, 3.05) is 6.61 Å². The Bertz CT molecular complexity index is 792. The van der Waals surface area contributed by atoms with Crippen molar-refractivity contribution in [1.29, 1.82) is 0 Å². The zero-order chi connectivity index (χ0) is 18.5. The van der Waals surface area contributed by atoms with Crippen molar-refractivity contribution in [3.8, 4) is 5.75 Å². The molecule has 1 unspecified atom stereocenters. The summed E-state index contributed by atoms with van der Waals surface area (Å²) in [6, 6.07) is 13.1. The summed E-state index contributed by atoms with van der Waals surface area (Å²) in [5, 5.41) is 0. The van der Waals surface area contributed by atoms with E-state index in [9.17, 15) is 9.59 Å². The van der Waals surface area contributed by atoms with Crippen LogP contribution in [0.3, 0.4) is 0 Å². The van der Waals surface area contributed by atoms with Gasteiger partial charge in [-0.1, -0.05) is 37.6 Å². The average Bonchev–Trinajstić information content (AvgIpc) is 3.08. The van der Waals surface area contributed by atoms with Crippen LogP contribution in [0.1, 0.15) is 59.7 Å². The van der Waals surface area contributed by atoms with Crippen LogP contribution < -0.4 is 4.74 Å². The maximum atomic E-state index is 12.5. The van der Waals surface area contributed by atoms with E-state index >= 15 is 0 Å². The fraction of sp³-hybridized carbons (Fsp3) is 0.364. The second-order valence-electron chi connectivity index (χ2n) is 6.51. The molecule has 26 heavy (non-hydrogen) atoms. The van der Waals surface area contributed by atoms with Gasteiger partial charge in [0.15, 0.2) is 0 Å². The van der Waals surface area contributed by atoms with Gasteiger partial charge in [-0.15, -0.1) is 0 Å². The molecule has 1 aliphatic carbocycles. The van der Waals surface area contributed by atoms with Crippen molar-refractivity contribution in [3.05, 3.63) is 64.7 Å². The largest absolute Gasteiger partial charge is 0.466 e. The predicted octanol–water partition coefficient (Wildman–Crippen LogP) is 4.45. The van der Waals surface area contributed by atoms with Gasteiger partial charge in [0, 0.05) is 5.56 Å². The van der Waals surface area contributed by atoms with Gasteiger partial charge >= 0.3 is 11.9 Å². The standard InChI is InChI=1S/C22H24O4/c1-3-6-15-9-11-17(12-10-15)21(23)26-19-8-5-7-16-13-14-18(20(16)19)22(24)25-4-2/h5,7-12,18H,3-4,6,13-14H2,1-2H3. The Balaban J connectivity index is 1.81. The van der Waals surface area contributed by atoms with Crippen molar-refractivity contribution in [3.63, 3.8) is 0 Å². The first kappa shape index (κ1) is 18.2. The van der Waals surface area contributed by atoms with Crippen LogP contribution in [0.15, 0.2) is 42.5 Å². The molecule has 4 heteroatoms. The van der Waals surface area contributed by atoms with Gasteiger partial charge in [-0.25, -0.2) is 4.79 Å². The number of carbonyl (C=O) groups excluding carboxylic acids is 2. The second kappa shape index (κ2) is 8.17. The Kier molecular flexibility index (Phi) is 5.71. The molecule has 2 aromatic carbocycles. The lowest BCUT2D eigenvalue weighted by Crippen LogP contribution is -2.16. The maximum absolute atomic E-state index is 12.5. The molecule has 0 N–H and O–H groups in total. The molecule has 0 aromatic heterocycles. The zero-order valence-corrected chi connectivity index (χ0v) is 15.3. The maximum Gasteiger partial charge on any atom is 0.343 e. The molecule has 136 valence electrons. The van der Waals surface area contributed by atoms with Crippen molar-refractivity contribution >= 4 is 11.9 Å². The van der Waals surface area contributed by atoms with E-state index in [4.69, 9.17) is 9.47 Å². The van der Waals surface area contributed by atoms with E-state index in [1.54, 1.807) is 25.1 Å². The number of esters is 2. The normalized spacial score (nSPS) is 15.4. The number of benzene rings is 2. The first-order chi connectivity index (χ1) is 12.6. The topological polar surface area (TPSA) is 52.6 Å². The van der Waals surface area contributed by atoms with E-state index in [-0.39, 0.29) is 11.9 Å². The van der Waals surface area contributed by atoms with Crippen LogP contribution in [-0.2, 0) is 22.4 Å². The summed E-state index contributed by atoms with van der Waals surface area (Å²) < 4.78 is 10.8. The van der Waals surface area contributed by atoms with Gasteiger partial charge in [0.1, 0.15) is 5.75 Å². The Morgan fingerprint density at radius 2 is 1.85 bits per heavy atom. The molecule has 1 aliphatic rings. The van der Waals surface area contributed by atoms with E-state index < -0.39 is 5.97 Å². The van der Waals surface area contributed by atoms with E-state index in [0.717, 1.165) is 30.4 Å². The Labute approximate surface area is 154 Å². The number of fused-ring (bicyclic) bond motifs is 1. The third-order valence-electron chi connectivity index (χ3n) is 4.71. The lowest BCUT2D eigenvalue weighted by Gasteiger charge is -2.15. The molecule has 0 saturated heterocycles. The number of hydrogen-bond donors (Lipinski definition) is 0. The summed E-state index contributed by atoms with van der Waals surface area (Å²) in [4.78, 5) is 24.8. The number of hydrogen-bond acceptors (Lipinski definition) is 4. The average molecular weight is 352 g/mol. The van der Waals surface area contributed by atoms with Crippen LogP contribution in [-0.4, -0.2) is 18.5 Å². The number of aryl methyl sites for hydroxylation is 2. The third kappa shape index (κ3) is 3.79. The Hall–Kier alpha value is -2.62. The molecular formula is C22H24O4. The molecule has 3 rings (SSSR count). The first-order valence-electron chi connectivity index (χ1n) is 9.23. The van der Waals surface area contributed by atoms with Gasteiger partial charge in [0.05, 0.1) is 18.1 Å². The van der Waals surface area contributed by atoms with Gasteiger partial charge in [-0.3, -0.25) is 4.79 Å². The highest BCUT2D eigenvalue weighted by molar-refractivity contribution is 5.92. The second-order valence-corrected chi connectivity index (χ2v) is 6.51. The highest BCUT2D eigenvalue weighted by Gasteiger charge is 2.33.